The molecule has 4 fully saturated rings. The second-order valence-electron chi connectivity index (χ2n) is 17.1. The van der Waals surface area contributed by atoms with Gasteiger partial charge in [-0.1, -0.05) is 44.7 Å². The SMILES string of the molecule is COC(=O)N[C@H](C(=O)N1CC2(CC2)C[C@H]1c1ncc(-c2ccc(C#Cc3ccc4nc([C@@H]5CC6(CC6)CN5C(=O)[C@@H](C)C(C)C)[nH]c4c3)cc2)[nH]1)[C@@H](C)OCCF. The van der Waals surface area contributed by atoms with Crippen LogP contribution in [0.1, 0.15) is 101 Å². The summed E-state index contributed by atoms with van der Waals surface area (Å²) in [5.74, 6) is 8.27. The van der Waals surface area contributed by atoms with E-state index >= 15 is 0 Å². The number of aromatic nitrogens is 4. The molecule has 2 aliphatic heterocycles. The monoisotopic (exact) mass is 777 g/mol. The van der Waals surface area contributed by atoms with E-state index in [-0.39, 0.29) is 53.2 Å². The van der Waals surface area contributed by atoms with E-state index in [0.29, 0.717) is 12.4 Å². The summed E-state index contributed by atoms with van der Waals surface area (Å²) < 4.78 is 23.2. The lowest BCUT2D eigenvalue weighted by Gasteiger charge is -2.31. The average Bonchev–Trinajstić information content (AvgIpc) is 3.83. The number of alkyl halides is 1. The maximum Gasteiger partial charge on any atom is 0.407 e. The molecule has 5 atom stereocenters. The number of ether oxygens (including phenoxy) is 2. The van der Waals surface area contributed by atoms with E-state index in [0.717, 1.165) is 71.5 Å². The van der Waals surface area contributed by atoms with Gasteiger partial charge in [-0.25, -0.2) is 19.2 Å². The van der Waals surface area contributed by atoms with Crippen LogP contribution in [0.15, 0.2) is 48.7 Å². The molecule has 3 amide bonds. The van der Waals surface area contributed by atoms with Crippen LogP contribution in [0.25, 0.3) is 22.3 Å². The fourth-order valence-electron chi connectivity index (χ4n) is 8.56. The molecule has 2 aromatic carbocycles. The molecule has 2 spiro atoms. The lowest BCUT2D eigenvalue weighted by molar-refractivity contribution is -0.139. The van der Waals surface area contributed by atoms with Crippen LogP contribution in [0.2, 0.25) is 0 Å². The fourth-order valence-corrected chi connectivity index (χ4v) is 8.56. The molecule has 12 nitrogen and oxygen atoms in total. The van der Waals surface area contributed by atoms with Crippen molar-refractivity contribution >= 4 is 28.9 Å². The lowest BCUT2D eigenvalue weighted by Crippen LogP contribution is -2.54. The smallest absolute Gasteiger partial charge is 0.407 e. The number of hydrogen-bond acceptors (Lipinski definition) is 7. The maximum absolute atomic E-state index is 14.0. The highest BCUT2D eigenvalue weighted by Crippen LogP contribution is 2.59. The topological polar surface area (TPSA) is 146 Å². The number of rotatable bonds is 11. The third-order valence-electron chi connectivity index (χ3n) is 12.8. The Morgan fingerprint density at radius 2 is 1.53 bits per heavy atom. The summed E-state index contributed by atoms with van der Waals surface area (Å²) in [6.45, 7) is 8.37. The molecule has 4 aromatic rings. The van der Waals surface area contributed by atoms with Gasteiger partial charge in [0.05, 0.1) is 54.8 Å². The molecule has 57 heavy (non-hydrogen) atoms. The zero-order valence-corrected chi connectivity index (χ0v) is 33.4. The van der Waals surface area contributed by atoms with Crippen LogP contribution in [0.4, 0.5) is 9.18 Å². The van der Waals surface area contributed by atoms with Crippen molar-refractivity contribution in [3.63, 3.8) is 0 Å². The van der Waals surface area contributed by atoms with Gasteiger partial charge in [0, 0.05) is 30.1 Å². The van der Waals surface area contributed by atoms with Crippen molar-refractivity contribution in [1.29, 1.82) is 0 Å². The maximum atomic E-state index is 14.0. The van der Waals surface area contributed by atoms with Gasteiger partial charge in [0.2, 0.25) is 11.8 Å². The number of nitrogens with zero attached hydrogens (tertiary/aromatic N) is 4. The Hall–Kier alpha value is -5.22. The normalized spacial score (nSPS) is 21.7. The molecule has 2 saturated carbocycles. The minimum absolute atomic E-state index is 0.0275. The number of aromatic amines is 2. The lowest BCUT2D eigenvalue weighted by atomic mass is 9.96. The van der Waals surface area contributed by atoms with E-state index in [2.05, 4.69) is 45.9 Å². The predicted molar refractivity (Wildman–Crippen MR) is 212 cm³/mol. The first-order valence-corrected chi connectivity index (χ1v) is 20.2. The number of carbonyl (C=O) groups is 3. The summed E-state index contributed by atoms with van der Waals surface area (Å²) in [6.07, 6.45) is 6.35. The van der Waals surface area contributed by atoms with E-state index in [1.54, 1.807) is 18.0 Å². The number of halogens is 1. The quantitative estimate of drug-likeness (QED) is 0.141. The summed E-state index contributed by atoms with van der Waals surface area (Å²) in [6, 6.07) is 12.5. The highest BCUT2D eigenvalue weighted by atomic mass is 19.1. The Morgan fingerprint density at radius 3 is 2.16 bits per heavy atom. The molecule has 2 aromatic heterocycles. The van der Waals surface area contributed by atoms with Gasteiger partial charge in [-0.3, -0.25) is 9.59 Å². The van der Waals surface area contributed by atoms with Gasteiger partial charge in [-0.2, -0.15) is 0 Å². The van der Waals surface area contributed by atoms with Gasteiger partial charge in [0.1, 0.15) is 24.4 Å². The van der Waals surface area contributed by atoms with Gasteiger partial charge in [-0.05, 0) is 98.1 Å². The third kappa shape index (κ3) is 7.89. The number of fused-ring (bicyclic) bond motifs is 1. The van der Waals surface area contributed by atoms with Crippen LogP contribution < -0.4 is 5.32 Å². The van der Waals surface area contributed by atoms with Crippen LogP contribution in [-0.2, 0) is 19.1 Å². The van der Waals surface area contributed by atoms with E-state index in [9.17, 15) is 18.8 Å². The molecular formula is C44H52FN7O5. The van der Waals surface area contributed by atoms with Crippen LogP contribution in [-0.4, -0.2) is 93.3 Å². The second kappa shape index (κ2) is 15.3. The van der Waals surface area contributed by atoms with Crippen molar-refractivity contribution in [3.05, 3.63) is 71.4 Å². The average molecular weight is 778 g/mol. The molecule has 0 unspecified atom stereocenters. The second-order valence-corrected chi connectivity index (χ2v) is 17.1. The number of methoxy groups -OCH3 is 1. The van der Waals surface area contributed by atoms with Crippen molar-refractivity contribution in [3.8, 4) is 23.1 Å². The van der Waals surface area contributed by atoms with Gasteiger partial charge in [0.25, 0.3) is 0 Å². The summed E-state index contributed by atoms with van der Waals surface area (Å²) >= 11 is 0. The van der Waals surface area contributed by atoms with Crippen LogP contribution in [0, 0.1) is 34.5 Å². The number of likely N-dealkylation sites (tertiary alicyclic amines) is 2. The third-order valence-corrected chi connectivity index (χ3v) is 12.8. The Bertz CT molecular complexity index is 2210. The van der Waals surface area contributed by atoms with Crippen molar-refractivity contribution in [2.45, 2.75) is 90.4 Å². The number of amides is 3. The number of imidazole rings is 2. The van der Waals surface area contributed by atoms with Gasteiger partial charge in [-0.15, -0.1) is 0 Å². The molecule has 300 valence electrons. The molecule has 3 N–H and O–H groups in total. The fraction of sp³-hybridized carbons (Fsp3) is 0.523. The van der Waals surface area contributed by atoms with Crippen molar-refractivity contribution < 1.29 is 28.2 Å². The summed E-state index contributed by atoms with van der Waals surface area (Å²) in [5, 5.41) is 2.61. The number of hydrogen-bond donors (Lipinski definition) is 3. The first kappa shape index (κ1) is 38.6. The minimum atomic E-state index is -1.05. The van der Waals surface area contributed by atoms with Crippen molar-refractivity contribution in [2.75, 3.05) is 33.5 Å². The highest BCUT2D eigenvalue weighted by molar-refractivity contribution is 5.87. The number of benzene rings is 2. The zero-order valence-electron chi connectivity index (χ0n) is 33.4. The first-order chi connectivity index (χ1) is 27.4. The van der Waals surface area contributed by atoms with E-state index in [1.807, 2.05) is 49.4 Å². The van der Waals surface area contributed by atoms with Crippen molar-refractivity contribution in [1.82, 2.24) is 35.1 Å². The van der Waals surface area contributed by atoms with Gasteiger partial charge >= 0.3 is 6.09 Å². The Morgan fingerprint density at radius 1 is 0.895 bits per heavy atom. The first-order valence-electron chi connectivity index (χ1n) is 20.2. The van der Waals surface area contributed by atoms with Crippen molar-refractivity contribution in [2.24, 2.45) is 22.7 Å². The zero-order chi connectivity index (χ0) is 40.1. The Balaban J connectivity index is 0.957. The highest BCUT2D eigenvalue weighted by Gasteiger charge is 2.56. The van der Waals surface area contributed by atoms with E-state index < -0.39 is 24.9 Å². The number of H-pyrrole nitrogens is 2. The molecule has 2 aliphatic carbocycles. The Labute approximate surface area is 332 Å². The van der Waals surface area contributed by atoms with E-state index in [4.69, 9.17) is 19.4 Å². The molecule has 13 heteroatoms. The van der Waals surface area contributed by atoms with E-state index in [1.165, 1.54) is 20.0 Å². The van der Waals surface area contributed by atoms with Crippen LogP contribution >= 0.6 is 0 Å². The standard InChI is InChI=1S/C44H52FN7O5/c1-26(2)27(3)40(53)51-24-44(16-17-44)22-36(51)39-47-32-13-10-30(20-33(32)48-39)7-6-29-8-11-31(12-9-29)34-23-46-38(49-34)35-21-43(14-15-43)25-52(35)41(54)37(50-42(55)56-5)28(4)57-19-18-45/h8-13,20,23,26-28,35-37H,14-19,21-22,24-25H2,1-5H3,(H,46,49)(H,47,48)(H,50,55)/t27-,28+,35-,36-,37-/m0/s1. The number of alkyl carbamates (subject to hydrolysis) is 1. The molecule has 2 saturated heterocycles. The molecule has 4 heterocycles. The summed E-state index contributed by atoms with van der Waals surface area (Å²) in [5.41, 5.74) is 5.52. The number of nitrogens with one attached hydrogen (secondary N) is 3. The van der Waals surface area contributed by atoms with Crippen LogP contribution in [0.3, 0.4) is 0 Å². The Kier molecular flexibility index (Phi) is 10.4. The van der Waals surface area contributed by atoms with Gasteiger partial charge < -0.3 is 34.6 Å². The predicted octanol–water partition coefficient (Wildman–Crippen LogP) is 6.85. The van der Waals surface area contributed by atoms with Crippen LogP contribution in [0.5, 0.6) is 0 Å². The molecular weight excluding hydrogens is 726 g/mol. The number of carbonyl (C=O) groups excluding carboxylic acids is 3. The molecule has 0 radical (unpaired) electrons. The minimum Gasteiger partial charge on any atom is -0.453 e. The largest absolute Gasteiger partial charge is 0.453 e. The molecule has 4 aliphatic rings. The summed E-state index contributed by atoms with van der Waals surface area (Å²) in [4.78, 5) is 60.2. The molecule has 8 rings (SSSR count). The summed E-state index contributed by atoms with van der Waals surface area (Å²) in [7, 11) is 1.23. The van der Waals surface area contributed by atoms with Gasteiger partial charge in [0.15, 0.2) is 0 Å². The molecule has 0 bridgehead atoms.